The number of anilines is 1. The first-order valence-corrected chi connectivity index (χ1v) is 6.20. The first kappa shape index (κ1) is 16.4. The zero-order chi connectivity index (χ0) is 15.2. The lowest BCUT2D eigenvalue weighted by molar-refractivity contribution is -0.137. The second-order valence-corrected chi connectivity index (χ2v) is 4.37. The van der Waals surface area contributed by atoms with E-state index >= 15 is 0 Å². The quantitative estimate of drug-likeness (QED) is 0.790. The molecule has 0 spiro atoms. The summed E-state index contributed by atoms with van der Waals surface area (Å²) in [5.41, 5.74) is -0.640. The van der Waals surface area contributed by atoms with Gasteiger partial charge in [-0.25, -0.2) is 0 Å². The molecular weight excluding hydrogens is 293 g/mol. The lowest BCUT2D eigenvalue weighted by atomic mass is 10.2. The summed E-state index contributed by atoms with van der Waals surface area (Å²) in [5.74, 6) is -0.222. The summed E-state index contributed by atoms with van der Waals surface area (Å²) < 4.78 is 37.6. The summed E-state index contributed by atoms with van der Waals surface area (Å²) in [7, 11) is 0. The minimum atomic E-state index is -4.43. The Labute approximate surface area is 119 Å². The maximum absolute atomic E-state index is 12.5. The fourth-order valence-electron chi connectivity index (χ4n) is 1.42. The molecule has 0 aliphatic carbocycles. The van der Waals surface area contributed by atoms with Crippen LogP contribution >= 0.6 is 11.6 Å². The normalized spacial score (nSPS) is 11.0. The van der Waals surface area contributed by atoms with Crippen molar-refractivity contribution < 1.29 is 18.0 Å². The van der Waals surface area contributed by atoms with Crippen LogP contribution in [0, 0.1) is 0 Å². The van der Waals surface area contributed by atoms with Crippen molar-refractivity contribution in [2.45, 2.75) is 12.6 Å². The average molecular weight is 307 g/mol. The van der Waals surface area contributed by atoms with Gasteiger partial charge < -0.3 is 10.6 Å². The molecule has 1 rings (SSSR count). The van der Waals surface area contributed by atoms with Crippen LogP contribution < -0.4 is 10.6 Å². The summed E-state index contributed by atoms with van der Waals surface area (Å²) in [6.07, 6.45) is -2.77. The largest absolute Gasteiger partial charge is 0.416 e. The van der Waals surface area contributed by atoms with Gasteiger partial charge in [-0.05, 0) is 18.2 Å². The summed E-state index contributed by atoms with van der Waals surface area (Å²) in [6, 6.07) is 3.00. The number of carbonyl (C=O) groups is 1. The van der Waals surface area contributed by atoms with Gasteiger partial charge in [0.1, 0.15) is 0 Å². The van der Waals surface area contributed by atoms with Crippen molar-refractivity contribution in [1.82, 2.24) is 5.32 Å². The second-order valence-electron chi connectivity index (χ2n) is 3.96. The van der Waals surface area contributed by atoms with Crippen molar-refractivity contribution in [3.8, 4) is 0 Å². The molecule has 0 saturated heterocycles. The Morgan fingerprint density at radius 3 is 2.70 bits per heavy atom. The third-order valence-electron chi connectivity index (χ3n) is 2.40. The van der Waals surface area contributed by atoms with Gasteiger partial charge in [0.15, 0.2) is 0 Å². The maximum Gasteiger partial charge on any atom is 0.416 e. The van der Waals surface area contributed by atoms with Crippen LogP contribution in [0.25, 0.3) is 0 Å². The predicted octanol–water partition coefficient (Wildman–Crippen LogP) is 3.46. The Bertz CT molecular complexity index is 489. The lowest BCUT2D eigenvalue weighted by Crippen LogP contribution is -2.25. The van der Waals surface area contributed by atoms with Crippen molar-refractivity contribution >= 4 is 23.2 Å². The first-order valence-electron chi connectivity index (χ1n) is 5.83. The molecule has 2 N–H and O–H groups in total. The van der Waals surface area contributed by atoms with Crippen LogP contribution in [0.2, 0.25) is 5.02 Å². The number of hydrogen-bond acceptors (Lipinski definition) is 2. The molecule has 7 heteroatoms. The monoisotopic (exact) mass is 306 g/mol. The summed E-state index contributed by atoms with van der Waals surface area (Å²) in [6.45, 7) is 3.99. The second kappa shape index (κ2) is 7.19. The fraction of sp³-hybridized carbons (Fsp3) is 0.308. The van der Waals surface area contributed by atoms with Crippen LogP contribution in [0.15, 0.2) is 30.9 Å². The molecule has 0 bridgehead atoms. The minimum Gasteiger partial charge on any atom is -0.383 e. The third-order valence-corrected chi connectivity index (χ3v) is 2.73. The van der Waals surface area contributed by atoms with Gasteiger partial charge in [0, 0.05) is 19.5 Å². The maximum atomic E-state index is 12.5. The zero-order valence-corrected chi connectivity index (χ0v) is 11.3. The van der Waals surface area contributed by atoms with Crippen LogP contribution in [-0.2, 0) is 11.0 Å². The highest BCUT2D eigenvalue weighted by Crippen LogP contribution is 2.33. The van der Waals surface area contributed by atoms with Gasteiger partial charge in [0.05, 0.1) is 16.3 Å². The molecule has 0 atom stereocenters. The number of rotatable bonds is 6. The van der Waals surface area contributed by atoms with Crippen LogP contribution in [0.3, 0.4) is 0 Å². The number of alkyl halides is 3. The fourth-order valence-corrected chi connectivity index (χ4v) is 1.61. The highest BCUT2D eigenvalue weighted by molar-refractivity contribution is 6.33. The molecule has 0 aromatic heterocycles. The van der Waals surface area contributed by atoms with Crippen LogP contribution in [0.4, 0.5) is 18.9 Å². The molecule has 3 nitrogen and oxygen atoms in total. The van der Waals surface area contributed by atoms with E-state index in [1.54, 1.807) is 0 Å². The topological polar surface area (TPSA) is 41.1 Å². The number of hydrogen-bond donors (Lipinski definition) is 2. The molecule has 0 unspecified atom stereocenters. The molecule has 0 aliphatic rings. The van der Waals surface area contributed by atoms with Crippen molar-refractivity contribution in [2.75, 3.05) is 18.4 Å². The van der Waals surface area contributed by atoms with E-state index in [0.717, 1.165) is 12.1 Å². The highest BCUT2D eigenvalue weighted by atomic mass is 35.5. The van der Waals surface area contributed by atoms with Gasteiger partial charge in [-0.15, -0.1) is 6.58 Å². The van der Waals surface area contributed by atoms with E-state index in [4.69, 9.17) is 11.6 Å². The third kappa shape index (κ3) is 5.13. The number of amides is 1. The Morgan fingerprint density at radius 2 is 2.10 bits per heavy atom. The van der Waals surface area contributed by atoms with Gasteiger partial charge in [0.2, 0.25) is 5.91 Å². The Morgan fingerprint density at radius 1 is 1.40 bits per heavy atom. The van der Waals surface area contributed by atoms with E-state index in [0.29, 0.717) is 6.54 Å². The lowest BCUT2D eigenvalue weighted by Gasteiger charge is -2.12. The Kier molecular flexibility index (Phi) is 5.88. The zero-order valence-electron chi connectivity index (χ0n) is 10.6. The molecule has 1 amide bonds. The molecule has 0 radical (unpaired) electrons. The first-order chi connectivity index (χ1) is 9.34. The van der Waals surface area contributed by atoms with E-state index in [2.05, 4.69) is 17.2 Å². The molecule has 110 valence electrons. The van der Waals surface area contributed by atoms with E-state index < -0.39 is 11.7 Å². The van der Waals surface area contributed by atoms with Crippen LogP contribution in [-0.4, -0.2) is 19.0 Å². The molecule has 0 aliphatic heterocycles. The van der Waals surface area contributed by atoms with Gasteiger partial charge in [0.25, 0.3) is 0 Å². The Hall–Kier alpha value is -1.69. The molecule has 1 aromatic rings. The van der Waals surface area contributed by atoms with Gasteiger partial charge in [-0.2, -0.15) is 13.2 Å². The van der Waals surface area contributed by atoms with E-state index in [1.807, 2.05) is 0 Å². The highest BCUT2D eigenvalue weighted by Gasteiger charge is 2.30. The molecule has 0 fully saturated rings. The van der Waals surface area contributed by atoms with Crippen molar-refractivity contribution in [3.05, 3.63) is 41.4 Å². The van der Waals surface area contributed by atoms with Crippen LogP contribution in [0.5, 0.6) is 0 Å². The Balaban J connectivity index is 2.59. The minimum absolute atomic E-state index is 0.125. The number of halogens is 4. The molecule has 1 aromatic carbocycles. The van der Waals surface area contributed by atoms with E-state index in [1.165, 1.54) is 12.1 Å². The predicted molar refractivity (Wildman–Crippen MR) is 72.8 cm³/mol. The summed E-state index contributed by atoms with van der Waals surface area (Å²) >= 11 is 5.80. The van der Waals surface area contributed by atoms with Crippen molar-refractivity contribution in [1.29, 1.82) is 0 Å². The van der Waals surface area contributed by atoms with E-state index in [9.17, 15) is 18.0 Å². The number of benzene rings is 1. The number of nitrogens with one attached hydrogen (secondary N) is 2. The summed E-state index contributed by atoms with van der Waals surface area (Å²) in [5, 5.41) is 5.44. The van der Waals surface area contributed by atoms with Gasteiger partial charge in [-0.3, -0.25) is 4.79 Å². The smallest absolute Gasteiger partial charge is 0.383 e. The average Bonchev–Trinajstić information content (AvgIpc) is 2.37. The summed E-state index contributed by atoms with van der Waals surface area (Å²) in [4.78, 5) is 11.3. The van der Waals surface area contributed by atoms with E-state index in [-0.39, 0.29) is 29.6 Å². The molecule has 0 saturated carbocycles. The standard InChI is InChI=1S/C13H14ClF3N2O/c1-2-6-19-12(20)5-7-18-11-8-9(13(15,16)17)3-4-10(11)14/h2-4,8,18H,1,5-7H2,(H,19,20). The van der Waals surface area contributed by atoms with Crippen LogP contribution in [0.1, 0.15) is 12.0 Å². The SMILES string of the molecule is C=CCNC(=O)CCNc1cc(C(F)(F)F)ccc1Cl. The molecule has 20 heavy (non-hydrogen) atoms. The van der Waals surface area contributed by atoms with Gasteiger partial charge in [-0.1, -0.05) is 17.7 Å². The van der Waals surface area contributed by atoms with Crippen molar-refractivity contribution in [2.24, 2.45) is 0 Å². The number of carbonyl (C=O) groups excluding carboxylic acids is 1. The van der Waals surface area contributed by atoms with Gasteiger partial charge >= 0.3 is 6.18 Å². The van der Waals surface area contributed by atoms with Crippen molar-refractivity contribution in [3.63, 3.8) is 0 Å². The molecular formula is C13H14ClF3N2O. The molecule has 0 heterocycles.